The van der Waals surface area contributed by atoms with Crippen molar-refractivity contribution < 1.29 is 28.9 Å². The van der Waals surface area contributed by atoms with Crippen LogP contribution in [-0.2, 0) is 25.8 Å². The van der Waals surface area contributed by atoms with Gasteiger partial charge in [-0.05, 0) is 12.1 Å². The van der Waals surface area contributed by atoms with E-state index in [1.165, 1.54) is 18.9 Å². The van der Waals surface area contributed by atoms with E-state index in [1.54, 1.807) is 17.8 Å². The number of aliphatic carboxylic acids is 1. The van der Waals surface area contributed by atoms with Gasteiger partial charge in [-0.15, -0.1) is 23.1 Å². The molecule has 0 aromatic carbocycles. The van der Waals surface area contributed by atoms with Crippen LogP contribution in [0.15, 0.2) is 58.6 Å². The summed E-state index contributed by atoms with van der Waals surface area (Å²) in [6.07, 6.45) is 5.30. The fourth-order valence-electron chi connectivity index (χ4n) is 4.11. The van der Waals surface area contributed by atoms with E-state index in [2.05, 4.69) is 25.7 Å². The number of fused-ring (bicyclic) bond motifs is 1. The van der Waals surface area contributed by atoms with Crippen LogP contribution < -0.4 is 20.7 Å². The van der Waals surface area contributed by atoms with Crippen LogP contribution in [0.2, 0.25) is 0 Å². The molecule has 37 heavy (non-hydrogen) atoms. The molecule has 0 saturated carbocycles. The van der Waals surface area contributed by atoms with Crippen LogP contribution in [0, 0.1) is 0 Å². The number of oxime groups is 1. The van der Waals surface area contributed by atoms with Crippen LogP contribution in [0.5, 0.6) is 0 Å². The Morgan fingerprint density at radius 2 is 2.27 bits per heavy atom. The summed E-state index contributed by atoms with van der Waals surface area (Å²) in [7, 11) is 1.28. The predicted octanol–water partition coefficient (Wildman–Crippen LogP) is -1.14. The second kappa shape index (κ2) is 10.0. The minimum absolute atomic E-state index is 0.146. The van der Waals surface area contributed by atoms with E-state index in [-0.39, 0.29) is 28.8 Å². The Hall–Kier alpha value is -4.24. The molecule has 190 valence electrons. The number of β-lactam (4-membered cyclic amide) rings is 1. The third-order valence-corrected chi connectivity index (χ3v) is 7.75. The molecule has 0 aliphatic carbocycles. The monoisotopic (exact) mass is 540 g/mol. The van der Waals surface area contributed by atoms with Gasteiger partial charge in [-0.1, -0.05) is 5.16 Å². The summed E-state index contributed by atoms with van der Waals surface area (Å²) in [6, 6.07) is 4.61. The maximum absolute atomic E-state index is 13.0. The van der Waals surface area contributed by atoms with Gasteiger partial charge in [0.15, 0.2) is 29.8 Å². The van der Waals surface area contributed by atoms with Crippen molar-refractivity contribution in [2.75, 3.05) is 18.6 Å². The number of nitrogens with two attached hydrogens (primary N) is 1. The lowest BCUT2D eigenvalue weighted by Gasteiger charge is -2.50. The molecule has 0 spiro atoms. The molecule has 1 fully saturated rings. The Morgan fingerprint density at radius 3 is 2.95 bits per heavy atom. The summed E-state index contributed by atoms with van der Waals surface area (Å²) in [5.41, 5.74) is 7.73. The number of nitrogen functional groups attached to an aromatic ring is 1. The standard InChI is InChI=1S/C22H20N8O5S2/c1-35-28-15(14-10-37-22(23)25-14)18(31)26-16-19(32)30-17(21(33)34)12(9-36-20(16)30)8-29-6-2-3-11(7-29)13-4-5-24-27-13/h2-7,10,16,20H,8-9H2,1H3,(H4-,23,24,25,26,27,31,33,34)/b28-15-/t16-,20-/m1/s1. The SMILES string of the molecule is CO/N=C(\C(=O)N[C@@H]1C(=O)N2C(C(=O)[O-])=C(C[n+]3cccc(-c4ccn[nH]4)c3)CS[C@H]12)c1csc(N)n1. The first-order chi connectivity index (χ1) is 17.9. The quantitative estimate of drug-likeness (QED) is 0.138. The summed E-state index contributed by atoms with van der Waals surface area (Å²) >= 11 is 2.47. The van der Waals surface area contributed by atoms with E-state index >= 15 is 0 Å². The molecule has 0 unspecified atom stereocenters. The molecule has 3 aromatic rings. The number of amides is 2. The Morgan fingerprint density at radius 1 is 1.43 bits per heavy atom. The third-order valence-electron chi connectivity index (χ3n) is 5.73. The number of carbonyl (C=O) groups is 3. The number of hydrogen-bond donors (Lipinski definition) is 3. The summed E-state index contributed by atoms with van der Waals surface area (Å²) in [5, 5.41) is 26.5. The van der Waals surface area contributed by atoms with Crippen LogP contribution in [0.1, 0.15) is 5.69 Å². The van der Waals surface area contributed by atoms with E-state index in [4.69, 9.17) is 10.6 Å². The number of anilines is 1. The maximum Gasteiger partial charge on any atom is 0.276 e. The van der Waals surface area contributed by atoms with Gasteiger partial charge in [-0.3, -0.25) is 19.6 Å². The number of carboxylic acids is 1. The molecule has 0 radical (unpaired) electrons. The Balaban J connectivity index is 1.35. The van der Waals surface area contributed by atoms with E-state index in [1.807, 2.05) is 29.0 Å². The van der Waals surface area contributed by atoms with Gasteiger partial charge in [-0.2, -0.15) is 5.10 Å². The third kappa shape index (κ3) is 4.65. The summed E-state index contributed by atoms with van der Waals surface area (Å²) in [5.74, 6) is -2.38. The second-order valence-electron chi connectivity index (χ2n) is 8.03. The molecule has 1 saturated heterocycles. The van der Waals surface area contributed by atoms with Gasteiger partial charge < -0.3 is 25.8 Å². The molecule has 2 aliphatic heterocycles. The number of thiazole rings is 1. The topological polar surface area (TPSA) is 183 Å². The van der Waals surface area contributed by atoms with Crippen molar-refractivity contribution in [1.29, 1.82) is 0 Å². The first kappa shape index (κ1) is 24.5. The van der Waals surface area contributed by atoms with Crippen LogP contribution in [0.3, 0.4) is 0 Å². The smallest absolute Gasteiger partial charge is 0.276 e. The lowest BCUT2D eigenvalue weighted by molar-refractivity contribution is -0.688. The summed E-state index contributed by atoms with van der Waals surface area (Å²) in [6.45, 7) is 0.238. The number of hydrogen-bond acceptors (Lipinski definition) is 11. The number of aromatic nitrogens is 4. The second-order valence-corrected chi connectivity index (χ2v) is 10.0. The molecule has 15 heteroatoms. The van der Waals surface area contributed by atoms with E-state index in [9.17, 15) is 19.5 Å². The average Bonchev–Trinajstić information content (AvgIpc) is 3.57. The highest BCUT2D eigenvalue weighted by Gasteiger charge is 2.53. The molecule has 2 atom stereocenters. The van der Waals surface area contributed by atoms with Crippen molar-refractivity contribution in [3.05, 3.63) is 59.1 Å². The first-order valence-corrected chi connectivity index (χ1v) is 12.8. The molecule has 5 heterocycles. The highest BCUT2D eigenvalue weighted by atomic mass is 32.2. The van der Waals surface area contributed by atoms with Gasteiger partial charge in [-0.25, -0.2) is 9.55 Å². The maximum atomic E-state index is 13.0. The molecule has 2 aliphatic rings. The highest BCUT2D eigenvalue weighted by molar-refractivity contribution is 8.00. The fourth-order valence-corrected chi connectivity index (χ4v) is 5.99. The van der Waals surface area contributed by atoms with Crippen LogP contribution in [0.25, 0.3) is 11.3 Å². The van der Waals surface area contributed by atoms with Gasteiger partial charge in [0.1, 0.15) is 24.2 Å². The number of rotatable bonds is 8. The Bertz CT molecular complexity index is 1430. The molecule has 13 nitrogen and oxygen atoms in total. The van der Waals surface area contributed by atoms with Gasteiger partial charge in [0.25, 0.3) is 11.8 Å². The van der Waals surface area contributed by atoms with Gasteiger partial charge in [0.05, 0.1) is 22.9 Å². The van der Waals surface area contributed by atoms with E-state index in [0.717, 1.165) is 27.5 Å². The highest BCUT2D eigenvalue weighted by Crippen LogP contribution is 2.40. The number of carboxylic acid groups (broad SMARTS) is 1. The van der Waals surface area contributed by atoms with Crippen LogP contribution in [-0.4, -0.2) is 67.9 Å². The predicted molar refractivity (Wildman–Crippen MR) is 131 cm³/mol. The minimum atomic E-state index is -1.46. The molecular formula is C22H20N8O5S2. The van der Waals surface area contributed by atoms with Crippen LogP contribution >= 0.6 is 23.1 Å². The molecular weight excluding hydrogens is 520 g/mol. The normalized spacial score (nSPS) is 19.3. The van der Waals surface area contributed by atoms with Crippen molar-refractivity contribution in [3.8, 4) is 11.3 Å². The molecule has 5 rings (SSSR count). The van der Waals surface area contributed by atoms with Crippen molar-refractivity contribution in [2.24, 2.45) is 5.16 Å². The number of aromatic amines is 1. The van der Waals surface area contributed by atoms with Gasteiger partial charge in [0, 0.05) is 29.0 Å². The van der Waals surface area contributed by atoms with Gasteiger partial charge >= 0.3 is 0 Å². The van der Waals surface area contributed by atoms with Gasteiger partial charge in [0.2, 0.25) is 0 Å². The number of thioether (sulfide) groups is 1. The fraction of sp³-hybridized carbons (Fsp3) is 0.227. The number of H-pyrrole nitrogens is 1. The zero-order valence-corrected chi connectivity index (χ0v) is 20.9. The number of carbonyl (C=O) groups excluding carboxylic acids is 3. The van der Waals surface area contributed by atoms with Crippen molar-refractivity contribution in [2.45, 2.75) is 18.0 Å². The van der Waals surface area contributed by atoms with E-state index < -0.39 is 29.2 Å². The number of pyridine rings is 1. The molecule has 3 aromatic heterocycles. The molecule has 4 N–H and O–H groups in total. The first-order valence-electron chi connectivity index (χ1n) is 10.9. The summed E-state index contributed by atoms with van der Waals surface area (Å²) < 4.78 is 1.83. The Labute approximate surface area is 218 Å². The largest absolute Gasteiger partial charge is 0.543 e. The van der Waals surface area contributed by atoms with Crippen molar-refractivity contribution >= 4 is 51.7 Å². The number of nitrogens with zero attached hydrogens (tertiary/aromatic N) is 5. The van der Waals surface area contributed by atoms with Crippen LogP contribution in [0.4, 0.5) is 5.13 Å². The summed E-state index contributed by atoms with van der Waals surface area (Å²) in [4.78, 5) is 48.0. The lowest BCUT2D eigenvalue weighted by Crippen LogP contribution is -2.71. The molecule has 0 bridgehead atoms. The zero-order valence-electron chi connectivity index (χ0n) is 19.3. The number of nitrogens with one attached hydrogen (secondary N) is 2. The average molecular weight is 541 g/mol. The van der Waals surface area contributed by atoms with Crippen molar-refractivity contribution in [3.63, 3.8) is 0 Å². The molecule has 2 amide bonds. The Kier molecular flexibility index (Phi) is 6.62. The van der Waals surface area contributed by atoms with Crippen molar-refractivity contribution in [1.82, 2.24) is 25.4 Å². The lowest BCUT2D eigenvalue weighted by atomic mass is 10.0. The minimum Gasteiger partial charge on any atom is -0.543 e. The van der Waals surface area contributed by atoms with E-state index in [0.29, 0.717) is 11.3 Å². The zero-order chi connectivity index (χ0) is 26.1.